The third-order valence-electron chi connectivity index (χ3n) is 5.16. The Balaban J connectivity index is 0.00000648. The molecular formula is C26H32ClN3O6. The third-order valence-corrected chi connectivity index (χ3v) is 5.16. The average Bonchev–Trinajstić information content (AvgIpc) is 2.81. The SMILES string of the molecule is CCOc1cc(CNCC(=O)c2ccc(OCC(=O)O)c(C(C)(C)C)c2)c(C#N)cc1C(=O)NC.Cl. The number of hydrogen-bond donors (Lipinski definition) is 3. The Morgan fingerprint density at radius 3 is 2.33 bits per heavy atom. The number of hydrogen-bond acceptors (Lipinski definition) is 7. The second kappa shape index (κ2) is 13.5. The number of halogens is 1. The molecule has 0 unspecified atom stereocenters. The molecule has 194 valence electrons. The minimum Gasteiger partial charge on any atom is -0.493 e. The number of ether oxygens (including phenoxy) is 2. The zero-order valence-electron chi connectivity index (χ0n) is 21.1. The molecule has 36 heavy (non-hydrogen) atoms. The van der Waals surface area contributed by atoms with Crippen LogP contribution in [0.15, 0.2) is 30.3 Å². The quantitative estimate of drug-likeness (QED) is 0.385. The van der Waals surface area contributed by atoms with E-state index in [0.717, 1.165) is 5.56 Å². The number of carbonyl (C=O) groups is 3. The van der Waals surface area contributed by atoms with Gasteiger partial charge >= 0.3 is 5.97 Å². The van der Waals surface area contributed by atoms with E-state index in [2.05, 4.69) is 16.7 Å². The van der Waals surface area contributed by atoms with Crippen LogP contribution in [0, 0.1) is 11.3 Å². The second-order valence-electron chi connectivity index (χ2n) is 8.80. The van der Waals surface area contributed by atoms with E-state index >= 15 is 0 Å². The average molecular weight is 518 g/mol. The standard InChI is InChI=1S/C26H31N3O6.ClH/c1-6-34-23-11-18(17(12-27)9-19(23)25(33)28-5)13-29-14-21(30)16-7-8-22(35-15-24(31)32)20(10-16)26(2,3)4;/h7-11,29H,6,13-15H2,1-5H3,(H,28,33)(H,31,32);1H. The van der Waals surface area contributed by atoms with Gasteiger partial charge in [-0.3, -0.25) is 9.59 Å². The Kier molecular flexibility index (Phi) is 11.4. The van der Waals surface area contributed by atoms with Gasteiger partial charge in [0.25, 0.3) is 5.91 Å². The lowest BCUT2D eigenvalue weighted by Gasteiger charge is -2.23. The fraction of sp³-hybridized carbons (Fsp3) is 0.385. The molecule has 0 radical (unpaired) electrons. The molecule has 9 nitrogen and oxygen atoms in total. The van der Waals surface area contributed by atoms with Crippen LogP contribution in [0.2, 0.25) is 0 Å². The summed E-state index contributed by atoms with van der Waals surface area (Å²) in [4.78, 5) is 35.9. The van der Waals surface area contributed by atoms with Crippen LogP contribution in [-0.4, -0.2) is 49.6 Å². The van der Waals surface area contributed by atoms with Gasteiger partial charge in [0.2, 0.25) is 0 Å². The third kappa shape index (κ3) is 7.97. The van der Waals surface area contributed by atoms with Crippen molar-refractivity contribution >= 4 is 30.1 Å². The highest BCUT2D eigenvalue weighted by atomic mass is 35.5. The maximum Gasteiger partial charge on any atom is 0.341 e. The largest absolute Gasteiger partial charge is 0.493 e. The van der Waals surface area contributed by atoms with Gasteiger partial charge in [-0.25, -0.2) is 4.79 Å². The number of ketones is 1. The van der Waals surface area contributed by atoms with Crippen molar-refractivity contribution in [3.05, 3.63) is 58.1 Å². The lowest BCUT2D eigenvalue weighted by molar-refractivity contribution is -0.139. The highest BCUT2D eigenvalue weighted by Crippen LogP contribution is 2.32. The maximum absolute atomic E-state index is 12.9. The first kappa shape index (κ1) is 30.4. The molecule has 10 heteroatoms. The lowest BCUT2D eigenvalue weighted by Crippen LogP contribution is -2.24. The minimum atomic E-state index is -1.08. The van der Waals surface area contributed by atoms with Crippen molar-refractivity contribution in [2.45, 2.75) is 39.7 Å². The van der Waals surface area contributed by atoms with Gasteiger partial charge in [0.1, 0.15) is 11.5 Å². The highest BCUT2D eigenvalue weighted by molar-refractivity contribution is 5.98. The van der Waals surface area contributed by atoms with E-state index < -0.39 is 12.6 Å². The topological polar surface area (TPSA) is 138 Å². The van der Waals surface area contributed by atoms with Crippen molar-refractivity contribution < 1.29 is 29.0 Å². The summed E-state index contributed by atoms with van der Waals surface area (Å²) in [7, 11) is 1.50. The van der Waals surface area contributed by atoms with Crippen molar-refractivity contribution in [1.82, 2.24) is 10.6 Å². The van der Waals surface area contributed by atoms with Crippen LogP contribution in [0.3, 0.4) is 0 Å². The molecule has 0 aliphatic rings. The van der Waals surface area contributed by atoms with E-state index in [1.54, 1.807) is 31.2 Å². The van der Waals surface area contributed by atoms with E-state index in [4.69, 9.17) is 14.6 Å². The number of nitrogens with one attached hydrogen (secondary N) is 2. The molecule has 2 rings (SSSR count). The van der Waals surface area contributed by atoms with Crippen LogP contribution in [0.5, 0.6) is 11.5 Å². The Morgan fingerprint density at radius 1 is 1.08 bits per heavy atom. The molecule has 0 saturated carbocycles. The summed E-state index contributed by atoms with van der Waals surface area (Å²) in [6, 6.07) is 10.1. The van der Waals surface area contributed by atoms with Crippen LogP contribution in [-0.2, 0) is 16.8 Å². The monoisotopic (exact) mass is 517 g/mol. The predicted octanol–water partition coefficient (Wildman–Crippen LogP) is 3.47. The summed E-state index contributed by atoms with van der Waals surface area (Å²) in [5.41, 5.74) is 1.98. The first-order chi connectivity index (χ1) is 16.5. The Hall–Kier alpha value is -3.61. The van der Waals surface area contributed by atoms with Gasteiger partial charge in [-0.15, -0.1) is 12.4 Å². The molecule has 0 aromatic heterocycles. The fourth-order valence-electron chi connectivity index (χ4n) is 3.43. The van der Waals surface area contributed by atoms with E-state index in [1.807, 2.05) is 20.8 Å². The normalized spacial score (nSPS) is 10.6. The number of aliphatic carboxylic acids is 1. The fourth-order valence-corrected chi connectivity index (χ4v) is 3.43. The molecule has 0 aliphatic carbocycles. The summed E-state index contributed by atoms with van der Waals surface area (Å²) in [5.74, 6) is -0.832. The minimum absolute atomic E-state index is 0. The van der Waals surface area contributed by atoms with E-state index in [9.17, 15) is 19.6 Å². The summed E-state index contributed by atoms with van der Waals surface area (Å²) in [5, 5.41) is 24.0. The molecule has 2 aromatic rings. The first-order valence-corrected chi connectivity index (χ1v) is 11.2. The maximum atomic E-state index is 12.9. The molecule has 3 N–H and O–H groups in total. The van der Waals surface area contributed by atoms with Gasteiger partial charge in [0, 0.05) is 24.7 Å². The van der Waals surface area contributed by atoms with E-state index in [1.165, 1.54) is 13.1 Å². The molecule has 0 aliphatic heterocycles. The highest BCUT2D eigenvalue weighted by Gasteiger charge is 2.22. The van der Waals surface area contributed by atoms with Gasteiger partial charge in [0.15, 0.2) is 12.4 Å². The van der Waals surface area contributed by atoms with Crippen molar-refractivity contribution in [2.75, 3.05) is 26.8 Å². The molecule has 0 bridgehead atoms. The Morgan fingerprint density at radius 2 is 1.78 bits per heavy atom. The number of nitrogens with zero attached hydrogens (tertiary/aromatic N) is 1. The summed E-state index contributed by atoms with van der Waals surface area (Å²) in [6.45, 7) is 7.75. The molecule has 0 heterocycles. The number of amides is 1. The van der Waals surface area contributed by atoms with Gasteiger partial charge in [-0.05, 0) is 48.2 Å². The molecule has 0 atom stereocenters. The molecule has 0 spiro atoms. The summed E-state index contributed by atoms with van der Waals surface area (Å²) in [6.07, 6.45) is 0. The summed E-state index contributed by atoms with van der Waals surface area (Å²) >= 11 is 0. The van der Waals surface area contributed by atoms with Gasteiger partial charge in [0.05, 0.1) is 30.3 Å². The van der Waals surface area contributed by atoms with Gasteiger partial charge in [-0.1, -0.05) is 20.8 Å². The number of nitriles is 1. The van der Waals surface area contributed by atoms with Gasteiger partial charge < -0.3 is 25.2 Å². The van der Waals surface area contributed by atoms with Crippen molar-refractivity contribution in [3.8, 4) is 17.6 Å². The molecule has 0 fully saturated rings. The lowest BCUT2D eigenvalue weighted by atomic mass is 9.85. The molecular weight excluding hydrogens is 486 g/mol. The van der Waals surface area contributed by atoms with Crippen molar-refractivity contribution in [3.63, 3.8) is 0 Å². The van der Waals surface area contributed by atoms with Gasteiger partial charge in [-0.2, -0.15) is 5.26 Å². The van der Waals surface area contributed by atoms with Crippen molar-refractivity contribution in [2.24, 2.45) is 0 Å². The molecule has 1 amide bonds. The van der Waals surface area contributed by atoms with Crippen LogP contribution in [0.25, 0.3) is 0 Å². The molecule has 0 saturated heterocycles. The number of carboxylic acids is 1. The smallest absolute Gasteiger partial charge is 0.341 e. The van der Waals surface area contributed by atoms with Crippen molar-refractivity contribution in [1.29, 1.82) is 5.26 Å². The number of Topliss-reactive ketones (excluding diaryl/α,β-unsaturated/α-hetero) is 1. The number of carboxylic acid groups (broad SMARTS) is 1. The summed E-state index contributed by atoms with van der Waals surface area (Å²) < 4.78 is 11.0. The first-order valence-electron chi connectivity index (χ1n) is 11.2. The molecule has 2 aromatic carbocycles. The predicted molar refractivity (Wildman–Crippen MR) is 137 cm³/mol. The van der Waals surface area contributed by atoms with E-state index in [0.29, 0.717) is 34.8 Å². The van der Waals surface area contributed by atoms with E-state index in [-0.39, 0.29) is 48.2 Å². The zero-order chi connectivity index (χ0) is 26.2. The Bertz CT molecular complexity index is 1150. The van der Waals surface area contributed by atoms with Crippen LogP contribution >= 0.6 is 12.4 Å². The Labute approximate surface area is 217 Å². The number of carbonyl (C=O) groups excluding carboxylic acids is 2. The van der Waals surface area contributed by atoms with Crippen LogP contribution in [0.1, 0.15) is 65.1 Å². The zero-order valence-corrected chi connectivity index (χ0v) is 21.9. The number of benzene rings is 2. The second-order valence-corrected chi connectivity index (χ2v) is 8.80. The van der Waals surface area contributed by atoms with Crippen LogP contribution < -0.4 is 20.1 Å². The van der Waals surface area contributed by atoms with Crippen LogP contribution in [0.4, 0.5) is 0 Å². The number of rotatable bonds is 11.